The Labute approximate surface area is 253 Å². The second-order valence-corrected chi connectivity index (χ2v) is 14.4. The third kappa shape index (κ3) is 6.97. The molecule has 12 heteroatoms. The molecule has 3 aliphatic rings. The first kappa shape index (κ1) is 32.0. The highest BCUT2D eigenvalue weighted by molar-refractivity contribution is 7.89. The van der Waals surface area contributed by atoms with Crippen LogP contribution in [0.2, 0.25) is 0 Å². The van der Waals surface area contributed by atoms with Gasteiger partial charge in [-0.2, -0.15) is 17.5 Å². The topological polar surface area (TPSA) is 69.1 Å². The molecule has 1 saturated heterocycles. The van der Waals surface area contributed by atoms with Crippen LogP contribution in [0.25, 0.3) is 0 Å². The van der Waals surface area contributed by atoms with Gasteiger partial charge in [0.15, 0.2) is 0 Å². The van der Waals surface area contributed by atoms with Crippen LogP contribution in [0, 0.1) is 0 Å². The minimum Gasteiger partial charge on any atom is -0.349 e. The molecule has 1 saturated carbocycles. The lowest BCUT2D eigenvalue weighted by atomic mass is 9.87. The van der Waals surface area contributed by atoms with Crippen LogP contribution in [0.15, 0.2) is 47.5 Å². The number of likely N-dealkylation sites (tertiary alicyclic amines) is 1. The second kappa shape index (κ2) is 12.9. The molecule has 3 heterocycles. The zero-order valence-corrected chi connectivity index (χ0v) is 26.2. The number of hydrogen-bond donors (Lipinski definition) is 0. The van der Waals surface area contributed by atoms with Gasteiger partial charge in [0.25, 0.3) is 0 Å². The molecule has 8 nitrogen and oxygen atoms in total. The molecule has 1 aromatic carbocycles. The molecule has 2 fully saturated rings. The van der Waals surface area contributed by atoms with Crippen molar-refractivity contribution in [3.05, 3.63) is 53.9 Å². The molecule has 0 N–H and O–H groups in total. The predicted octanol–water partition coefficient (Wildman–Crippen LogP) is 4.83. The fraction of sp³-hybridized carbons (Fsp3) is 0.645. The van der Waals surface area contributed by atoms with Gasteiger partial charge in [0.1, 0.15) is 0 Å². The molecule has 5 rings (SSSR count). The van der Waals surface area contributed by atoms with Gasteiger partial charge >= 0.3 is 6.18 Å². The molecule has 3 unspecified atom stereocenters. The zero-order chi connectivity index (χ0) is 30.9. The first-order valence-electron chi connectivity index (χ1n) is 15.4. The number of amides is 1. The average molecular weight is 624 g/mol. The number of halogens is 3. The lowest BCUT2D eigenvalue weighted by Gasteiger charge is -2.44. The molecule has 1 amide bonds. The summed E-state index contributed by atoms with van der Waals surface area (Å²) in [7, 11) is 1.89. The van der Waals surface area contributed by atoms with Crippen molar-refractivity contribution in [2.45, 2.75) is 93.2 Å². The maximum absolute atomic E-state index is 13.7. The van der Waals surface area contributed by atoms with Crippen LogP contribution in [-0.4, -0.2) is 96.8 Å². The van der Waals surface area contributed by atoms with Crippen LogP contribution in [0.4, 0.5) is 13.2 Å². The van der Waals surface area contributed by atoms with E-state index in [9.17, 15) is 26.4 Å². The summed E-state index contributed by atoms with van der Waals surface area (Å²) in [4.78, 5) is 19.9. The van der Waals surface area contributed by atoms with E-state index in [0.29, 0.717) is 24.7 Å². The second-order valence-electron chi connectivity index (χ2n) is 12.5. The Morgan fingerprint density at radius 3 is 2.40 bits per heavy atom. The van der Waals surface area contributed by atoms with E-state index in [1.165, 1.54) is 10.4 Å². The molecular formula is C31H44F3N5O3S. The van der Waals surface area contributed by atoms with Crippen LogP contribution in [-0.2, 0) is 27.5 Å². The van der Waals surface area contributed by atoms with Gasteiger partial charge in [-0.1, -0.05) is 6.07 Å². The van der Waals surface area contributed by atoms with Crippen molar-refractivity contribution in [3.63, 3.8) is 0 Å². The van der Waals surface area contributed by atoms with Crippen molar-refractivity contribution in [2.24, 2.45) is 0 Å². The van der Waals surface area contributed by atoms with E-state index in [2.05, 4.69) is 23.9 Å². The molecule has 1 aromatic heterocycles. The van der Waals surface area contributed by atoms with E-state index < -0.39 is 32.7 Å². The lowest BCUT2D eigenvalue weighted by Crippen LogP contribution is -2.50. The fourth-order valence-corrected chi connectivity index (χ4v) is 8.89. The number of sulfonamides is 1. The number of alkyl halides is 3. The molecule has 0 spiro atoms. The molecule has 0 radical (unpaired) electrons. The predicted molar refractivity (Wildman–Crippen MR) is 159 cm³/mol. The van der Waals surface area contributed by atoms with E-state index in [1.54, 1.807) is 0 Å². The fourth-order valence-electron chi connectivity index (χ4n) is 7.22. The molecule has 2 aliphatic heterocycles. The van der Waals surface area contributed by atoms with Gasteiger partial charge < -0.3 is 19.3 Å². The van der Waals surface area contributed by atoms with E-state index in [0.717, 1.165) is 69.4 Å². The smallest absolute Gasteiger partial charge is 0.349 e. The van der Waals surface area contributed by atoms with Crippen LogP contribution in [0.1, 0.15) is 68.7 Å². The largest absolute Gasteiger partial charge is 0.416 e. The van der Waals surface area contributed by atoms with Crippen molar-refractivity contribution in [3.8, 4) is 0 Å². The van der Waals surface area contributed by atoms with Crippen molar-refractivity contribution in [1.82, 2.24) is 23.6 Å². The number of aromatic nitrogens is 1. The number of fused-ring (bicyclic) bond motifs is 1. The molecule has 2 aromatic rings. The summed E-state index contributed by atoms with van der Waals surface area (Å²) in [5, 5.41) is 0. The van der Waals surface area contributed by atoms with Crippen LogP contribution in [0.5, 0.6) is 0 Å². The number of hydrogen-bond acceptors (Lipinski definition) is 5. The molecule has 0 bridgehead atoms. The first-order valence-corrected chi connectivity index (χ1v) is 16.8. The summed E-state index contributed by atoms with van der Waals surface area (Å²) in [5.41, 5.74) is -0.258. The Morgan fingerprint density at radius 2 is 1.70 bits per heavy atom. The summed E-state index contributed by atoms with van der Waals surface area (Å²) in [6.07, 6.45) is 4.04. The van der Waals surface area contributed by atoms with E-state index in [1.807, 2.05) is 34.8 Å². The first-order chi connectivity index (χ1) is 20.4. The Bertz CT molecular complexity index is 1370. The molecule has 1 aliphatic carbocycles. The molecule has 238 valence electrons. The molecular weight excluding hydrogens is 579 g/mol. The Balaban J connectivity index is 1.26. The number of rotatable bonds is 8. The maximum atomic E-state index is 13.7. The van der Waals surface area contributed by atoms with E-state index >= 15 is 0 Å². The highest BCUT2D eigenvalue weighted by Crippen LogP contribution is 2.37. The van der Waals surface area contributed by atoms with Crippen LogP contribution in [0.3, 0.4) is 0 Å². The Kier molecular flexibility index (Phi) is 9.60. The average Bonchev–Trinajstić information content (AvgIpc) is 3.48. The van der Waals surface area contributed by atoms with Crippen LogP contribution >= 0.6 is 0 Å². The van der Waals surface area contributed by atoms with Gasteiger partial charge in [-0.25, -0.2) is 8.42 Å². The molecule has 43 heavy (non-hydrogen) atoms. The number of piperidine rings is 1. The lowest BCUT2D eigenvalue weighted by molar-refractivity contribution is -0.137. The van der Waals surface area contributed by atoms with Gasteiger partial charge in [-0.3, -0.25) is 4.79 Å². The van der Waals surface area contributed by atoms with Gasteiger partial charge in [0.05, 0.1) is 16.5 Å². The van der Waals surface area contributed by atoms with Gasteiger partial charge in [-0.15, -0.1) is 0 Å². The minimum atomic E-state index is -4.65. The third-order valence-corrected chi connectivity index (χ3v) is 11.7. The maximum Gasteiger partial charge on any atom is 0.416 e. The zero-order valence-electron chi connectivity index (χ0n) is 25.3. The Hall–Kier alpha value is -2.41. The van der Waals surface area contributed by atoms with Crippen molar-refractivity contribution in [2.75, 3.05) is 40.8 Å². The number of carbonyl (C=O) groups excluding carboxylic acids is 1. The minimum absolute atomic E-state index is 0.0305. The summed E-state index contributed by atoms with van der Waals surface area (Å²) in [5.74, 6) is -0.0305. The van der Waals surface area contributed by atoms with Gasteiger partial charge in [-0.05, 0) is 102 Å². The monoisotopic (exact) mass is 623 g/mol. The van der Waals surface area contributed by atoms with Gasteiger partial charge in [0, 0.05) is 56.6 Å². The van der Waals surface area contributed by atoms with E-state index in [4.69, 9.17) is 0 Å². The number of benzene rings is 1. The highest BCUT2D eigenvalue weighted by Gasteiger charge is 2.39. The standard InChI is InChI=1S/C31H44F3N5O3S/c1-35(2)24-14-17-37(18-15-24)26-9-5-8-25(22-26)36(3)30(40)13-12-29-28-11-6-16-38(28)19-20-39(29)43(41,42)27-10-4-7-23(21-27)31(32,33)34/h4,6-7,10-11,16,21,24-26,29H,5,8-9,12-15,17-20,22H2,1-3H3. The van der Waals surface area contributed by atoms with Crippen molar-refractivity contribution < 1.29 is 26.4 Å². The number of carbonyl (C=O) groups is 1. The summed E-state index contributed by atoms with van der Waals surface area (Å²) >= 11 is 0. The highest BCUT2D eigenvalue weighted by atomic mass is 32.2. The number of nitrogens with zero attached hydrogens (tertiary/aromatic N) is 5. The summed E-state index contributed by atoms with van der Waals surface area (Å²) < 4.78 is 70.8. The summed E-state index contributed by atoms with van der Waals surface area (Å²) in [6.45, 7) is 2.66. The van der Waals surface area contributed by atoms with Crippen LogP contribution < -0.4 is 0 Å². The SMILES string of the molecule is CN(C)C1CCN(C2CCCC(N(C)C(=O)CCC3c4cccn4CCN3S(=O)(=O)c3cccc(C(F)(F)F)c3)C2)CC1. The van der Waals surface area contributed by atoms with E-state index in [-0.39, 0.29) is 31.3 Å². The normalized spacial score (nSPS) is 24.7. The Morgan fingerprint density at radius 1 is 0.953 bits per heavy atom. The quantitative estimate of drug-likeness (QED) is 0.422. The van der Waals surface area contributed by atoms with Crippen molar-refractivity contribution >= 4 is 15.9 Å². The summed E-state index contributed by atoms with van der Waals surface area (Å²) in [6, 6.07) is 8.13. The van der Waals surface area contributed by atoms with Crippen molar-refractivity contribution in [1.29, 1.82) is 0 Å². The van der Waals surface area contributed by atoms with Gasteiger partial charge in [0.2, 0.25) is 15.9 Å². The molecule has 3 atom stereocenters. The third-order valence-electron chi connectivity index (χ3n) is 9.82.